The maximum absolute atomic E-state index is 12.6. The van der Waals surface area contributed by atoms with Crippen LogP contribution in [0.1, 0.15) is 113 Å². The first-order valence-electron chi connectivity index (χ1n) is 18.4. The van der Waals surface area contributed by atoms with Crippen molar-refractivity contribution in [3.8, 4) is 0 Å². The van der Waals surface area contributed by atoms with Crippen LogP contribution in [0, 0.1) is 44.8 Å². The standard InChI is InChI=1S/C37H58O10/c1-20(38)45-22-16-32(6)24-9-8-23-30(2,3)25(46-29-27(41)26(40)21(39)17-43-29)10-11-34(23)18-35(24,34)13-14-36(32)19-44-37(31(4,5)42)15-12-33(7,47-37)28(22)36/h21-29,39-42H,8-19H2,1-7H3/t21-,22+,23-,24-,25-,26-,27-,28+,29+,32+,33-,34-,35+,36-,37-/m0/s1. The van der Waals surface area contributed by atoms with Crippen LogP contribution in [0.3, 0.4) is 0 Å². The molecule has 10 nitrogen and oxygen atoms in total. The lowest BCUT2D eigenvalue weighted by atomic mass is 9.41. The van der Waals surface area contributed by atoms with E-state index < -0.39 is 41.6 Å². The molecule has 5 aliphatic carbocycles. The van der Waals surface area contributed by atoms with E-state index in [-0.39, 0.29) is 57.8 Å². The Morgan fingerprint density at radius 2 is 1.55 bits per heavy atom. The van der Waals surface area contributed by atoms with Crippen molar-refractivity contribution in [2.75, 3.05) is 13.2 Å². The zero-order valence-corrected chi connectivity index (χ0v) is 29.4. The molecule has 3 spiro atoms. The lowest BCUT2D eigenvalue weighted by molar-refractivity contribution is -0.314. The smallest absolute Gasteiger partial charge is 0.302 e. The fourth-order valence-electron chi connectivity index (χ4n) is 14.2. The Hall–Kier alpha value is -0.850. The van der Waals surface area contributed by atoms with E-state index in [9.17, 15) is 25.2 Å². The van der Waals surface area contributed by atoms with Gasteiger partial charge in [0, 0.05) is 24.7 Å². The number of fused-ring (bicyclic) bond motifs is 4. The molecule has 0 aromatic carbocycles. The largest absolute Gasteiger partial charge is 0.462 e. The van der Waals surface area contributed by atoms with E-state index in [0.717, 1.165) is 51.4 Å². The van der Waals surface area contributed by atoms with Crippen LogP contribution in [-0.4, -0.2) is 93.4 Å². The van der Waals surface area contributed by atoms with Gasteiger partial charge in [-0.1, -0.05) is 20.8 Å². The van der Waals surface area contributed by atoms with Crippen molar-refractivity contribution in [1.29, 1.82) is 0 Å². The minimum Gasteiger partial charge on any atom is -0.462 e. The minimum atomic E-state index is -1.29. The van der Waals surface area contributed by atoms with Crippen LogP contribution in [0.25, 0.3) is 0 Å². The van der Waals surface area contributed by atoms with Gasteiger partial charge in [0.05, 0.1) is 24.9 Å². The number of ether oxygens (including phenoxy) is 5. The van der Waals surface area contributed by atoms with Crippen molar-refractivity contribution in [2.45, 2.75) is 166 Å². The molecule has 47 heavy (non-hydrogen) atoms. The Morgan fingerprint density at radius 1 is 0.872 bits per heavy atom. The second kappa shape index (κ2) is 9.93. The SMILES string of the molecule is CC(=O)O[C@@H]1C[C@]2(C)[C@@H]3CC[C@H]4C(C)(C)[C@@H](O[C@H]5OC[C@H](O)[C@H](O)[C@@H]5O)CC[C@]45C[C@]35CC[C@@]23CO[C@@]2(C(C)(C)O)CC[C@](C)(O2)[C@@H]13. The van der Waals surface area contributed by atoms with E-state index in [1.165, 1.54) is 13.3 Å². The summed E-state index contributed by atoms with van der Waals surface area (Å²) in [6, 6.07) is 0. The summed E-state index contributed by atoms with van der Waals surface area (Å²) in [6.07, 6.45) is 4.49. The number of hydrogen-bond acceptors (Lipinski definition) is 10. The van der Waals surface area contributed by atoms with Crippen LogP contribution in [0.15, 0.2) is 0 Å². The molecule has 0 aromatic rings. The number of hydrogen-bond donors (Lipinski definition) is 4. The monoisotopic (exact) mass is 662 g/mol. The van der Waals surface area contributed by atoms with Gasteiger partial charge in [0.1, 0.15) is 30.0 Å². The first-order chi connectivity index (χ1) is 21.8. The zero-order chi connectivity index (χ0) is 33.8. The molecule has 3 heterocycles. The zero-order valence-electron chi connectivity index (χ0n) is 29.4. The predicted octanol–water partition coefficient (Wildman–Crippen LogP) is 3.84. The number of carbonyl (C=O) groups is 1. The quantitative estimate of drug-likeness (QED) is 0.259. The summed E-state index contributed by atoms with van der Waals surface area (Å²) in [5.41, 5.74) is -1.88. The third-order valence-corrected chi connectivity index (χ3v) is 16.2. The fraction of sp³-hybridized carbons (Fsp3) is 0.973. The van der Waals surface area contributed by atoms with E-state index in [4.69, 9.17) is 23.7 Å². The Balaban J connectivity index is 1.11. The average molecular weight is 663 g/mol. The van der Waals surface area contributed by atoms with Crippen LogP contribution in [0.4, 0.5) is 0 Å². The molecule has 2 bridgehead atoms. The van der Waals surface area contributed by atoms with E-state index in [2.05, 4.69) is 27.7 Å². The number of rotatable bonds is 4. The third kappa shape index (κ3) is 4.05. The Bertz CT molecular complexity index is 1310. The van der Waals surface area contributed by atoms with Crippen molar-refractivity contribution >= 4 is 5.97 Å². The van der Waals surface area contributed by atoms with E-state index in [0.29, 0.717) is 24.9 Å². The highest BCUT2D eigenvalue weighted by molar-refractivity contribution is 5.66. The summed E-state index contributed by atoms with van der Waals surface area (Å²) in [7, 11) is 0. The summed E-state index contributed by atoms with van der Waals surface area (Å²) in [6.45, 7) is 14.8. The summed E-state index contributed by atoms with van der Waals surface area (Å²) in [5.74, 6) is -0.443. The number of aliphatic hydroxyl groups is 4. The molecule has 0 radical (unpaired) electrons. The van der Waals surface area contributed by atoms with Gasteiger partial charge < -0.3 is 44.1 Å². The van der Waals surface area contributed by atoms with Crippen molar-refractivity contribution < 1.29 is 48.9 Å². The number of carbonyl (C=O) groups excluding carboxylic acids is 1. The highest BCUT2D eigenvalue weighted by Gasteiger charge is 2.85. The van der Waals surface area contributed by atoms with Crippen LogP contribution in [0.2, 0.25) is 0 Å². The molecule has 15 atom stereocenters. The minimum absolute atomic E-state index is 0.0169. The fourth-order valence-corrected chi connectivity index (χ4v) is 14.2. The highest BCUT2D eigenvalue weighted by Crippen LogP contribution is 2.89. The average Bonchev–Trinajstić information content (AvgIpc) is 3.43. The van der Waals surface area contributed by atoms with Gasteiger partial charge in [-0.05, 0) is 112 Å². The van der Waals surface area contributed by atoms with E-state index in [1.807, 2.05) is 0 Å². The van der Waals surface area contributed by atoms with Crippen molar-refractivity contribution in [1.82, 2.24) is 0 Å². The molecule has 0 aromatic heterocycles. The second-order valence-corrected chi connectivity index (χ2v) is 18.8. The van der Waals surface area contributed by atoms with Crippen molar-refractivity contribution in [3.63, 3.8) is 0 Å². The molecule has 3 saturated heterocycles. The first kappa shape index (κ1) is 33.3. The molecular formula is C37H58O10. The Morgan fingerprint density at radius 3 is 2.26 bits per heavy atom. The predicted molar refractivity (Wildman–Crippen MR) is 168 cm³/mol. The lowest BCUT2D eigenvalue weighted by Gasteiger charge is -2.64. The van der Waals surface area contributed by atoms with E-state index in [1.54, 1.807) is 13.8 Å². The maximum atomic E-state index is 12.6. The molecule has 5 saturated carbocycles. The molecule has 0 unspecified atom stereocenters. The van der Waals surface area contributed by atoms with Gasteiger partial charge in [-0.2, -0.15) is 0 Å². The van der Waals surface area contributed by atoms with Crippen molar-refractivity contribution in [3.05, 3.63) is 0 Å². The molecular weight excluding hydrogens is 604 g/mol. The molecule has 8 fully saturated rings. The van der Waals surface area contributed by atoms with Crippen LogP contribution in [0.5, 0.6) is 0 Å². The summed E-state index contributed by atoms with van der Waals surface area (Å²) in [4.78, 5) is 12.6. The van der Waals surface area contributed by atoms with Crippen LogP contribution in [-0.2, 0) is 28.5 Å². The van der Waals surface area contributed by atoms with Crippen LogP contribution >= 0.6 is 0 Å². The lowest BCUT2D eigenvalue weighted by Crippen LogP contribution is -2.61. The third-order valence-electron chi connectivity index (χ3n) is 16.2. The summed E-state index contributed by atoms with van der Waals surface area (Å²) in [5, 5.41) is 42.3. The van der Waals surface area contributed by atoms with Crippen molar-refractivity contribution in [2.24, 2.45) is 44.8 Å². The normalized spacial score (nSPS) is 57.5. The van der Waals surface area contributed by atoms with Gasteiger partial charge in [-0.25, -0.2) is 0 Å². The molecule has 8 aliphatic rings. The topological polar surface area (TPSA) is 144 Å². The van der Waals surface area contributed by atoms with Crippen LogP contribution < -0.4 is 0 Å². The highest BCUT2D eigenvalue weighted by atomic mass is 16.7. The molecule has 266 valence electrons. The maximum Gasteiger partial charge on any atom is 0.302 e. The Kier molecular flexibility index (Phi) is 7.03. The van der Waals surface area contributed by atoms with Gasteiger partial charge >= 0.3 is 5.97 Å². The van der Waals surface area contributed by atoms with Gasteiger partial charge in [-0.15, -0.1) is 0 Å². The number of aliphatic hydroxyl groups excluding tert-OH is 3. The molecule has 10 heteroatoms. The van der Waals surface area contributed by atoms with Gasteiger partial charge in [0.25, 0.3) is 0 Å². The summed E-state index contributed by atoms with van der Waals surface area (Å²) >= 11 is 0. The molecule has 0 amide bonds. The molecule has 3 aliphatic heterocycles. The van der Waals surface area contributed by atoms with Gasteiger partial charge in [-0.3, -0.25) is 4.79 Å². The van der Waals surface area contributed by atoms with Gasteiger partial charge in [0.2, 0.25) is 0 Å². The molecule has 4 N–H and O–H groups in total. The summed E-state index contributed by atoms with van der Waals surface area (Å²) < 4.78 is 32.2. The van der Waals surface area contributed by atoms with Gasteiger partial charge in [0.15, 0.2) is 12.1 Å². The second-order valence-electron chi connectivity index (χ2n) is 18.8. The Labute approximate surface area is 279 Å². The molecule has 8 rings (SSSR count). The number of esters is 1. The van der Waals surface area contributed by atoms with E-state index >= 15 is 0 Å². The first-order valence-corrected chi connectivity index (χ1v) is 18.4.